The molecule has 0 aliphatic rings. The minimum Gasteiger partial charge on any atom is -0.280 e. The Morgan fingerprint density at radius 3 is 2.62 bits per heavy atom. The van der Waals surface area contributed by atoms with Crippen LogP contribution in [-0.4, -0.2) is 18.6 Å². The summed E-state index contributed by atoms with van der Waals surface area (Å²) in [6, 6.07) is 9.23. The molecule has 0 saturated carbocycles. The Balaban J connectivity index is 1.96. The predicted molar refractivity (Wildman–Crippen MR) is 83.4 cm³/mol. The average Bonchev–Trinajstić information content (AvgIpc) is 2.88. The van der Waals surface area contributed by atoms with Crippen molar-refractivity contribution in [2.45, 2.75) is 4.90 Å². The van der Waals surface area contributed by atoms with E-state index in [0.29, 0.717) is 10.7 Å². The molecule has 0 unspecified atom stereocenters. The van der Waals surface area contributed by atoms with Crippen LogP contribution in [0.25, 0.3) is 10.9 Å². The third-order valence-corrected chi connectivity index (χ3v) is 5.01. The lowest BCUT2D eigenvalue weighted by atomic mass is 10.2. The van der Waals surface area contributed by atoms with Gasteiger partial charge in [0.05, 0.1) is 26.7 Å². The second-order valence-electron chi connectivity index (χ2n) is 4.35. The molecule has 0 saturated heterocycles. The van der Waals surface area contributed by atoms with E-state index in [2.05, 4.69) is 14.9 Å². The molecule has 0 radical (unpaired) electrons. The van der Waals surface area contributed by atoms with Gasteiger partial charge >= 0.3 is 0 Å². The maximum atomic E-state index is 12.3. The van der Waals surface area contributed by atoms with Crippen LogP contribution in [0.3, 0.4) is 0 Å². The molecular weight excluding hydrogens is 333 g/mol. The van der Waals surface area contributed by atoms with Gasteiger partial charge in [-0.05, 0) is 36.4 Å². The van der Waals surface area contributed by atoms with Gasteiger partial charge in [-0.2, -0.15) is 5.10 Å². The lowest BCUT2D eigenvalue weighted by molar-refractivity contribution is 0.601. The van der Waals surface area contributed by atoms with Crippen molar-refractivity contribution < 1.29 is 8.42 Å². The van der Waals surface area contributed by atoms with E-state index in [0.717, 1.165) is 10.9 Å². The summed E-state index contributed by atoms with van der Waals surface area (Å²) < 4.78 is 27.1. The van der Waals surface area contributed by atoms with Crippen LogP contribution in [0.2, 0.25) is 10.0 Å². The predicted octanol–water partition coefficient (Wildman–Crippen LogP) is 3.67. The molecule has 108 valence electrons. The topological polar surface area (TPSA) is 74.8 Å². The number of halogens is 2. The Kier molecular flexibility index (Phi) is 3.52. The highest BCUT2D eigenvalue weighted by Crippen LogP contribution is 2.26. The highest BCUT2D eigenvalue weighted by molar-refractivity contribution is 7.92. The maximum Gasteiger partial charge on any atom is 0.261 e. The van der Waals surface area contributed by atoms with Gasteiger partial charge < -0.3 is 0 Å². The van der Waals surface area contributed by atoms with Gasteiger partial charge in [0.25, 0.3) is 10.0 Å². The molecule has 0 spiro atoms. The van der Waals surface area contributed by atoms with Crippen LogP contribution in [0, 0.1) is 0 Å². The van der Waals surface area contributed by atoms with Crippen LogP contribution in [0.5, 0.6) is 0 Å². The molecule has 8 heteroatoms. The third kappa shape index (κ3) is 2.83. The van der Waals surface area contributed by atoms with Crippen LogP contribution in [0.4, 0.5) is 5.69 Å². The molecule has 1 aromatic heterocycles. The molecule has 1 heterocycles. The van der Waals surface area contributed by atoms with Crippen molar-refractivity contribution in [1.29, 1.82) is 0 Å². The van der Waals surface area contributed by atoms with Crippen molar-refractivity contribution in [2.24, 2.45) is 0 Å². The quantitative estimate of drug-likeness (QED) is 0.763. The fraction of sp³-hybridized carbons (Fsp3) is 0. The molecular formula is C13H9Cl2N3O2S. The first-order chi connectivity index (χ1) is 9.95. The normalized spacial score (nSPS) is 11.7. The van der Waals surface area contributed by atoms with Gasteiger partial charge in [0.15, 0.2) is 0 Å². The summed E-state index contributed by atoms with van der Waals surface area (Å²) in [7, 11) is -3.73. The Morgan fingerprint density at radius 2 is 1.86 bits per heavy atom. The minimum atomic E-state index is -3.73. The number of hydrogen-bond acceptors (Lipinski definition) is 3. The second kappa shape index (κ2) is 5.22. The lowest BCUT2D eigenvalue weighted by Crippen LogP contribution is -2.12. The molecule has 2 aromatic carbocycles. The summed E-state index contributed by atoms with van der Waals surface area (Å²) in [6.07, 6.45) is 1.62. The van der Waals surface area contributed by atoms with Gasteiger partial charge in [-0.3, -0.25) is 9.82 Å². The summed E-state index contributed by atoms with van der Waals surface area (Å²) in [4.78, 5) is 0.0455. The van der Waals surface area contributed by atoms with Crippen LogP contribution < -0.4 is 4.72 Å². The third-order valence-electron chi connectivity index (χ3n) is 2.89. The first kappa shape index (κ1) is 14.2. The van der Waals surface area contributed by atoms with Crippen molar-refractivity contribution in [2.75, 3.05) is 4.72 Å². The Hall–Kier alpha value is -1.76. The van der Waals surface area contributed by atoms with Gasteiger partial charge in [0.2, 0.25) is 0 Å². The summed E-state index contributed by atoms with van der Waals surface area (Å²) >= 11 is 11.6. The number of H-pyrrole nitrogens is 1. The molecule has 3 aromatic rings. The van der Waals surface area contributed by atoms with Gasteiger partial charge in [0, 0.05) is 11.1 Å². The zero-order valence-corrected chi connectivity index (χ0v) is 12.8. The molecule has 3 rings (SSSR count). The number of benzene rings is 2. The molecule has 0 atom stereocenters. The number of rotatable bonds is 3. The van der Waals surface area contributed by atoms with Crippen LogP contribution in [0.15, 0.2) is 47.5 Å². The number of nitrogens with one attached hydrogen (secondary N) is 2. The summed E-state index contributed by atoms with van der Waals surface area (Å²) in [6.45, 7) is 0. The Labute approximate surface area is 130 Å². The minimum absolute atomic E-state index is 0.0455. The maximum absolute atomic E-state index is 12.3. The van der Waals surface area contributed by atoms with E-state index in [9.17, 15) is 8.42 Å². The SMILES string of the molecule is O=S(=O)(Nc1ccc2[nH]ncc2c1)c1ccc(Cl)c(Cl)c1. The van der Waals surface area contributed by atoms with E-state index in [1.165, 1.54) is 18.2 Å². The van der Waals surface area contributed by atoms with E-state index >= 15 is 0 Å². The molecule has 0 fully saturated rings. The summed E-state index contributed by atoms with van der Waals surface area (Å²) in [5.74, 6) is 0. The van der Waals surface area contributed by atoms with Gasteiger partial charge in [-0.25, -0.2) is 8.42 Å². The standard InChI is InChI=1S/C13H9Cl2N3O2S/c14-11-3-2-10(6-12(11)15)21(19,20)18-9-1-4-13-8(5-9)7-16-17-13/h1-7,18H,(H,16,17). The summed E-state index contributed by atoms with van der Waals surface area (Å²) in [5.41, 5.74) is 1.27. The van der Waals surface area contributed by atoms with E-state index in [4.69, 9.17) is 23.2 Å². The number of sulfonamides is 1. The van der Waals surface area contributed by atoms with Crippen LogP contribution in [0.1, 0.15) is 0 Å². The molecule has 0 amide bonds. The van der Waals surface area contributed by atoms with Crippen LogP contribution in [-0.2, 0) is 10.0 Å². The smallest absolute Gasteiger partial charge is 0.261 e. The van der Waals surface area contributed by atoms with Crippen LogP contribution >= 0.6 is 23.2 Å². The first-order valence-corrected chi connectivity index (χ1v) is 8.11. The van der Waals surface area contributed by atoms with E-state index < -0.39 is 10.0 Å². The van der Waals surface area contributed by atoms with Crippen molar-refractivity contribution >= 4 is 49.8 Å². The number of aromatic amines is 1. The Bertz CT molecular complexity index is 922. The molecule has 0 aliphatic carbocycles. The van der Waals surface area contributed by atoms with Crippen molar-refractivity contribution in [3.63, 3.8) is 0 Å². The lowest BCUT2D eigenvalue weighted by Gasteiger charge is -2.09. The second-order valence-corrected chi connectivity index (χ2v) is 6.85. The fourth-order valence-corrected chi connectivity index (χ4v) is 3.30. The van der Waals surface area contributed by atoms with Crippen molar-refractivity contribution in [1.82, 2.24) is 10.2 Å². The van der Waals surface area contributed by atoms with E-state index in [1.54, 1.807) is 24.4 Å². The zero-order valence-electron chi connectivity index (χ0n) is 10.5. The zero-order chi connectivity index (χ0) is 15.0. The van der Waals surface area contributed by atoms with Crippen molar-refractivity contribution in [3.05, 3.63) is 52.6 Å². The van der Waals surface area contributed by atoms with Gasteiger partial charge in [0.1, 0.15) is 0 Å². The molecule has 5 nitrogen and oxygen atoms in total. The largest absolute Gasteiger partial charge is 0.280 e. The van der Waals surface area contributed by atoms with E-state index in [-0.39, 0.29) is 9.92 Å². The molecule has 2 N–H and O–H groups in total. The number of nitrogens with zero attached hydrogens (tertiary/aromatic N) is 1. The molecule has 0 bridgehead atoms. The first-order valence-electron chi connectivity index (χ1n) is 5.87. The molecule has 21 heavy (non-hydrogen) atoms. The number of aromatic nitrogens is 2. The highest BCUT2D eigenvalue weighted by atomic mass is 35.5. The number of hydrogen-bond donors (Lipinski definition) is 2. The van der Waals surface area contributed by atoms with Gasteiger partial charge in [-0.15, -0.1) is 0 Å². The fourth-order valence-electron chi connectivity index (χ4n) is 1.86. The van der Waals surface area contributed by atoms with E-state index in [1.807, 2.05) is 0 Å². The Morgan fingerprint density at radius 1 is 1.05 bits per heavy atom. The number of anilines is 1. The highest BCUT2D eigenvalue weighted by Gasteiger charge is 2.16. The van der Waals surface area contributed by atoms with Crippen molar-refractivity contribution in [3.8, 4) is 0 Å². The monoisotopic (exact) mass is 341 g/mol. The summed E-state index contributed by atoms with van der Waals surface area (Å²) in [5, 5.41) is 7.98. The number of fused-ring (bicyclic) bond motifs is 1. The molecule has 0 aliphatic heterocycles. The van der Waals surface area contributed by atoms with Gasteiger partial charge in [-0.1, -0.05) is 23.2 Å². The average molecular weight is 342 g/mol.